The molecule has 1 aromatic carbocycles. The summed E-state index contributed by atoms with van der Waals surface area (Å²) in [6, 6.07) is 7.33. The van der Waals surface area contributed by atoms with Crippen molar-refractivity contribution >= 4 is 23.7 Å². The van der Waals surface area contributed by atoms with E-state index in [1.54, 1.807) is 18.3 Å². The Morgan fingerprint density at radius 2 is 2.11 bits per heavy atom. The van der Waals surface area contributed by atoms with E-state index in [-0.39, 0.29) is 11.8 Å². The van der Waals surface area contributed by atoms with Gasteiger partial charge in [0.25, 0.3) is 0 Å². The van der Waals surface area contributed by atoms with Gasteiger partial charge >= 0.3 is 0 Å². The Balaban J connectivity index is 1.52. The number of benzene rings is 1. The van der Waals surface area contributed by atoms with E-state index in [1.807, 2.05) is 12.1 Å². The van der Waals surface area contributed by atoms with Crippen LogP contribution in [0.4, 0.5) is 0 Å². The van der Waals surface area contributed by atoms with Crippen LogP contribution in [0.15, 0.2) is 29.4 Å². The third kappa shape index (κ3) is 2.15. The summed E-state index contributed by atoms with van der Waals surface area (Å²) in [5.74, 6) is 0.272. The van der Waals surface area contributed by atoms with Gasteiger partial charge in [-0.1, -0.05) is 30.2 Å². The average Bonchev–Trinajstić information content (AvgIpc) is 3.07. The average molecular weight is 263 g/mol. The highest BCUT2D eigenvalue weighted by Crippen LogP contribution is 2.65. The molecule has 0 radical (unpaired) electrons. The first-order valence-electron chi connectivity index (χ1n) is 6.28. The molecule has 0 aliphatic heterocycles. The van der Waals surface area contributed by atoms with Gasteiger partial charge < -0.3 is 0 Å². The van der Waals surface area contributed by atoms with Gasteiger partial charge in [0.2, 0.25) is 5.91 Å². The van der Waals surface area contributed by atoms with E-state index in [1.165, 1.54) is 19.3 Å². The van der Waals surface area contributed by atoms with Crippen molar-refractivity contribution in [2.75, 3.05) is 0 Å². The third-order valence-corrected chi connectivity index (χ3v) is 4.37. The van der Waals surface area contributed by atoms with Gasteiger partial charge in [0.05, 0.1) is 6.21 Å². The maximum Gasteiger partial charge on any atom is 0.243 e. The van der Waals surface area contributed by atoms with Gasteiger partial charge in [-0.2, -0.15) is 5.10 Å². The number of hydrazone groups is 1. The van der Waals surface area contributed by atoms with Crippen LogP contribution in [0.25, 0.3) is 0 Å². The van der Waals surface area contributed by atoms with Crippen LogP contribution >= 0.6 is 11.6 Å². The molecule has 4 heteroatoms. The number of hydrogen-bond donors (Lipinski definition) is 1. The van der Waals surface area contributed by atoms with Crippen molar-refractivity contribution in [3.05, 3.63) is 34.9 Å². The Hall–Kier alpha value is -1.35. The molecule has 0 heterocycles. The Labute approximate surface area is 111 Å². The van der Waals surface area contributed by atoms with Crippen LogP contribution in [0.2, 0.25) is 5.02 Å². The van der Waals surface area contributed by atoms with Crippen LogP contribution in [0.5, 0.6) is 0 Å². The molecular weight excluding hydrogens is 248 g/mol. The van der Waals surface area contributed by atoms with Crippen LogP contribution in [-0.2, 0) is 4.79 Å². The fourth-order valence-corrected chi connectivity index (χ4v) is 2.83. The first-order valence-corrected chi connectivity index (χ1v) is 6.66. The maximum atomic E-state index is 11.8. The molecule has 2 fully saturated rings. The van der Waals surface area contributed by atoms with Crippen molar-refractivity contribution < 1.29 is 4.79 Å². The molecule has 3 rings (SSSR count). The van der Waals surface area contributed by atoms with Gasteiger partial charge in [0.1, 0.15) is 0 Å². The van der Waals surface area contributed by atoms with Crippen LogP contribution in [-0.4, -0.2) is 12.1 Å². The lowest BCUT2D eigenvalue weighted by molar-refractivity contribution is -0.123. The third-order valence-electron chi connectivity index (χ3n) is 4.11. The minimum absolute atomic E-state index is 0.0694. The van der Waals surface area contributed by atoms with Crippen LogP contribution in [0.1, 0.15) is 31.2 Å². The van der Waals surface area contributed by atoms with E-state index < -0.39 is 0 Å². The van der Waals surface area contributed by atoms with E-state index in [0.29, 0.717) is 10.4 Å². The quantitative estimate of drug-likeness (QED) is 0.660. The molecule has 1 spiro atoms. The number of carbonyl (C=O) groups is 1. The lowest BCUT2D eigenvalue weighted by Crippen LogP contribution is -2.26. The fraction of sp³-hybridized carbons (Fsp3) is 0.429. The van der Waals surface area contributed by atoms with Crippen molar-refractivity contribution in [3.8, 4) is 0 Å². The Morgan fingerprint density at radius 3 is 2.67 bits per heavy atom. The molecule has 2 saturated carbocycles. The number of nitrogens with zero attached hydrogens (tertiary/aromatic N) is 1. The van der Waals surface area contributed by atoms with Gasteiger partial charge in [-0.15, -0.1) is 0 Å². The second-order valence-corrected chi connectivity index (χ2v) is 5.69. The molecule has 1 atom stereocenters. The highest BCUT2D eigenvalue weighted by atomic mass is 35.5. The summed E-state index contributed by atoms with van der Waals surface area (Å²) < 4.78 is 0. The molecule has 94 valence electrons. The normalized spacial score (nSPS) is 23.9. The van der Waals surface area contributed by atoms with Crippen molar-refractivity contribution in [2.24, 2.45) is 16.4 Å². The molecule has 3 nitrogen and oxygen atoms in total. The Morgan fingerprint density at radius 1 is 1.39 bits per heavy atom. The minimum atomic E-state index is 0.0694. The molecule has 2 aliphatic rings. The van der Waals surface area contributed by atoms with Crippen LogP contribution in [0.3, 0.4) is 0 Å². The summed E-state index contributed by atoms with van der Waals surface area (Å²) in [5, 5.41) is 4.68. The number of nitrogens with one attached hydrogen (secondary N) is 1. The van der Waals surface area contributed by atoms with E-state index in [9.17, 15) is 4.79 Å². The van der Waals surface area contributed by atoms with Crippen LogP contribution in [0, 0.1) is 11.3 Å². The summed E-state index contributed by atoms with van der Waals surface area (Å²) in [7, 11) is 0. The molecular formula is C14H15ClN2O. The summed E-state index contributed by atoms with van der Waals surface area (Å²) in [5.41, 5.74) is 3.91. The zero-order valence-corrected chi connectivity index (χ0v) is 10.8. The monoisotopic (exact) mass is 262 g/mol. The predicted molar refractivity (Wildman–Crippen MR) is 71.6 cm³/mol. The van der Waals surface area contributed by atoms with Gasteiger partial charge in [-0.05, 0) is 42.4 Å². The number of amides is 1. The van der Waals surface area contributed by atoms with Crippen molar-refractivity contribution in [1.29, 1.82) is 0 Å². The maximum absolute atomic E-state index is 11.8. The molecule has 18 heavy (non-hydrogen) atoms. The predicted octanol–water partition coefficient (Wildman–Crippen LogP) is 2.98. The first kappa shape index (κ1) is 11.7. The topological polar surface area (TPSA) is 41.5 Å². The highest BCUT2D eigenvalue weighted by Gasteiger charge is 2.60. The molecule has 1 unspecified atom stereocenters. The zero-order chi connectivity index (χ0) is 12.6. The smallest absolute Gasteiger partial charge is 0.243 e. The van der Waals surface area contributed by atoms with E-state index in [4.69, 9.17) is 11.6 Å². The largest absolute Gasteiger partial charge is 0.273 e. The summed E-state index contributed by atoms with van der Waals surface area (Å²) >= 11 is 5.79. The molecule has 2 aliphatic carbocycles. The number of halogens is 1. The fourth-order valence-electron chi connectivity index (χ4n) is 2.70. The van der Waals surface area contributed by atoms with Gasteiger partial charge in [-0.3, -0.25) is 4.79 Å². The first-order chi connectivity index (χ1) is 8.70. The van der Waals surface area contributed by atoms with E-state index in [2.05, 4.69) is 10.5 Å². The van der Waals surface area contributed by atoms with Crippen molar-refractivity contribution in [3.63, 3.8) is 0 Å². The SMILES string of the molecule is O=C(NN=Cc1ccc(Cl)cc1)C1CC12CCC2. The molecule has 1 aromatic rings. The standard InChI is InChI=1S/C14H15ClN2O/c15-11-4-2-10(3-5-11)9-16-17-13(18)12-8-14(12)6-1-7-14/h2-5,9,12H,1,6-8H2,(H,17,18). The molecule has 0 bridgehead atoms. The number of hydrogen-bond acceptors (Lipinski definition) is 2. The summed E-state index contributed by atoms with van der Waals surface area (Å²) in [6.07, 6.45) is 6.40. The Kier molecular flexibility index (Phi) is 2.86. The van der Waals surface area contributed by atoms with Gasteiger partial charge in [0, 0.05) is 10.9 Å². The molecule has 1 N–H and O–H groups in total. The second kappa shape index (κ2) is 4.39. The van der Waals surface area contributed by atoms with Crippen molar-refractivity contribution in [2.45, 2.75) is 25.7 Å². The van der Waals surface area contributed by atoms with Crippen LogP contribution < -0.4 is 5.43 Å². The molecule has 1 amide bonds. The zero-order valence-electron chi connectivity index (χ0n) is 10.0. The summed E-state index contributed by atoms with van der Waals surface area (Å²) in [4.78, 5) is 11.8. The highest BCUT2D eigenvalue weighted by molar-refractivity contribution is 6.30. The molecule has 0 aromatic heterocycles. The van der Waals surface area contributed by atoms with Gasteiger partial charge in [-0.25, -0.2) is 5.43 Å². The molecule has 0 saturated heterocycles. The number of rotatable bonds is 3. The minimum Gasteiger partial charge on any atom is -0.273 e. The lowest BCUT2D eigenvalue weighted by atomic mass is 9.80. The van der Waals surface area contributed by atoms with E-state index in [0.717, 1.165) is 12.0 Å². The Bertz CT molecular complexity index is 491. The van der Waals surface area contributed by atoms with Gasteiger partial charge in [0.15, 0.2) is 0 Å². The second-order valence-electron chi connectivity index (χ2n) is 5.26. The number of carbonyl (C=O) groups excluding carboxylic acids is 1. The summed E-state index contributed by atoms with van der Waals surface area (Å²) in [6.45, 7) is 0. The van der Waals surface area contributed by atoms with Crippen molar-refractivity contribution in [1.82, 2.24) is 5.43 Å². The van der Waals surface area contributed by atoms with E-state index >= 15 is 0 Å². The lowest BCUT2D eigenvalue weighted by Gasteiger charge is -2.25.